The maximum Gasteiger partial charge on any atom is 0.305 e. The lowest BCUT2D eigenvalue weighted by Gasteiger charge is -2.20. The second-order valence-electron chi connectivity index (χ2n) is 8.39. The molecule has 0 aliphatic carbocycles. The van der Waals surface area contributed by atoms with Crippen LogP contribution in [0.1, 0.15) is 41.6 Å². The number of nitrogens with one attached hydrogen (secondary N) is 5. The van der Waals surface area contributed by atoms with Gasteiger partial charge in [0, 0.05) is 31.6 Å². The summed E-state index contributed by atoms with van der Waals surface area (Å²) in [7, 11) is 0. The van der Waals surface area contributed by atoms with Gasteiger partial charge >= 0.3 is 5.97 Å². The predicted molar refractivity (Wildman–Crippen MR) is 134 cm³/mol. The Kier molecular flexibility index (Phi) is 11.5. The van der Waals surface area contributed by atoms with Crippen molar-refractivity contribution >= 4 is 41.5 Å². The molecule has 206 valence electrons. The smallest absolute Gasteiger partial charge is 0.305 e. The number of aliphatic carboxylic acids is 1. The molecule has 1 heterocycles. The fourth-order valence-corrected chi connectivity index (χ4v) is 3.55. The molecule has 0 saturated carbocycles. The maximum atomic E-state index is 12.7. The lowest BCUT2D eigenvalue weighted by molar-refractivity contribution is -0.140. The van der Waals surface area contributed by atoms with Crippen LogP contribution in [0.5, 0.6) is 0 Å². The Morgan fingerprint density at radius 2 is 1.58 bits per heavy atom. The highest BCUT2D eigenvalue weighted by Gasteiger charge is 2.26. The molecule has 15 heteroatoms. The van der Waals surface area contributed by atoms with Crippen molar-refractivity contribution in [3.8, 4) is 0 Å². The summed E-state index contributed by atoms with van der Waals surface area (Å²) in [5.74, 6) is -4.75. The van der Waals surface area contributed by atoms with Gasteiger partial charge in [0.05, 0.1) is 13.0 Å². The monoisotopic (exact) mass is 532 g/mol. The third kappa shape index (κ3) is 10.1. The number of amides is 5. The lowest BCUT2D eigenvalue weighted by atomic mass is 10.1. The van der Waals surface area contributed by atoms with Crippen molar-refractivity contribution in [2.45, 2.75) is 44.3 Å². The first kappa shape index (κ1) is 29.5. The van der Waals surface area contributed by atoms with Crippen LogP contribution in [-0.2, 0) is 30.5 Å². The van der Waals surface area contributed by atoms with Crippen LogP contribution in [0.4, 0.5) is 0 Å². The zero-order valence-corrected chi connectivity index (χ0v) is 20.6. The van der Waals surface area contributed by atoms with E-state index in [1.807, 2.05) is 0 Å². The van der Waals surface area contributed by atoms with E-state index in [-0.39, 0.29) is 44.0 Å². The van der Waals surface area contributed by atoms with Gasteiger partial charge in [-0.25, -0.2) is 0 Å². The summed E-state index contributed by atoms with van der Waals surface area (Å²) in [4.78, 5) is 78.1. The standard InChI is InChI=1S/C23H32N8O7/c24-23(25)27-8-3-6-15-21(37)29-12-18(33)31-16(10-19(34)35)22(38)28-11-13-4-1-2-5-14(13)20(36)26-9-7-17(32)30-15/h1-2,4-5,15-16H,3,6-12H2,(H,26,36)(H,28,38)(H,29,37)(H,30,32)(H,31,33)(H,34,35)(H4,24,25,27)/t15?,16-/m0/s1. The van der Waals surface area contributed by atoms with Gasteiger partial charge in [-0.1, -0.05) is 18.2 Å². The second kappa shape index (κ2) is 14.8. The highest BCUT2D eigenvalue weighted by molar-refractivity contribution is 5.97. The number of carbonyl (C=O) groups excluding carboxylic acids is 5. The van der Waals surface area contributed by atoms with Crippen molar-refractivity contribution in [2.75, 3.05) is 19.6 Å². The van der Waals surface area contributed by atoms with Gasteiger partial charge in [0.15, 0.2) is 5.96 Å². The van der Waals surface area contributed by atoms with Crippen molar-refractivity contribution in [1.82, 2.24) is 26.6 Å². The van der Waals surface area contributed by atoms with Gasteiger partial charge < -0.3 is 43.2 Å². The number of guanidine groups is 1. The summed E-state index contributed by atoms with van der Waals surface area (Å²) in [5.41, 5.74) is 11.3. The van der Waals surface area contributed by atoms with Crippen LogP contribution in [0.2, 0.25) is 0 Å². The number of nitrogens with two attached hydrogens (primary N) is 2. The third-order valence-electron chi connectivity index (χ3n) is 5.40. The summed E-state index contributed by atoms with van der Waals surface area (Å²) in [6.45, 7) is -0.519. The van der Waals surface area contributed by atoms with E-state index in [4.69, 9.17) is 11.5 Å². The van der Waals surface area contributed by atoms with E-state index < -0.39 is 60.6 Å². The molecular weight excluding hydrogens is 500 g/mol. The zero-order chi connectivity index (χ0) is 28.1. The van der Waals surface area contributed by atoms with Crippen LogP contribution in [0.3, 0.4) is 0 Å². The molecule has 1 aliphatic rings. The molecule has 0 aromatic heterocycles. The van der Waals surface area contributed by atoms with E-state index in [0.29, 0.717) is 12.0 Å². The first-order valence-electron chi connectivity index (χ1n) is 11.8. The van der Waals surface area contributed by atoms with Crippen LogP contribution in [-0.4, -0.2) is 78.3 Å². The number of carbonyl (C=O) groups is 6. The number of hydrogen-bond donors (Lipinski definition) is 8. The number of nitrogens with zero attached hydrogens (tertiary/aromatic N) is 1. The van der Waals surface area contributed by atoms with Crippen molar-refractivity contribution in [2.24, 2.45) is 16.5 Å². The number of rotatable bonds is 6. The molecule has 1 aromatic carbocycles. The van der Waals surface area contributed by atoms with E-state index >= 15 is 0 Å². The van der Waals surface area contributed by atoms with Crippen molar-refractivity contribution in [3.05, 3.63) is 35.4 Å². The highest BCUT2D eigenvalue weighted by Crippen LogP contribution is 2.09. The quantitative estimate of drug-likeness (QED) is 0.106. The molecule has 0 radical (unpaired) electrons. The zero-order valence-electron chi connectivity index (χ0n) is 20.6. The maximum absolute atomic E-state index is 12.7. The summed E-state index contributed by atoms with van der Waals surface area (Å²) >= 11 is 0. The third-order valence-corrected chi connectivity index (χ3v) is 5.40. The van der Waals surface area contributed by atoms with Gasteiger partial charge in [0.2, 0.25) is 23.6 Å². The van der Waals surface area contributed by atoms with Gasteiger partial charge in [0.1, 0.15) is 12.1 Å². The molecule has 2 atom stereocenters. The van der Waals surface area contributed by atoms with Crippen molar-refractivity contribution in [3.63, 3.8) is 0 Å². The first-order valence-corrected chi connectivity index (χ1v) is 11.8. The average Bonchev–Trinajstić information content (AvgIpc) is 2.86. The predicted octanol–water partition coefficient (Wildman–Crippen LogP) is -2.95. The van der Waals surface area contributed by atoms with Gasteiger partial charge in [-0.05, 0) is 24.5 Å². The SMILES string of the molecule is NC(N)=NCCCC1NC(=O)CCNC(=O)c2ccccc2CNC(=O)[C@H](CC(=O)O)NC(=O)CNC1=O. The first-order chi connectivity index (χ1) is 18.1. The number of benzene rings is 1. The van der Waals surface area contributed by atoms with E-state index in [1.54, 1.807) is 18.2 Å². The topological polar surface area (TPSA) is 247 Å². The Morgan fingerprint density at radius 3 is 2.29 bits per heavy atom. The lowest BCUT2D eigenvalue weighted by Crippen LogP contribution is -2.52. The molecule has 0 bridgehead atoms. The van der Waals surface area contributed by atoms with E-state index in [0.717, 1.165) is 0 Å². The molecule has 10 N–H and O–H groups in total. The summed E-state index contributed by atoms with van der Waals surface area (Å²) in [6, 6.07) is 3.93. The molecule has 1 aromatic rings. The summed E-state index contributed by atoms with van der Waals surface area (Å²) < 4.78 is 0. The normalized spacial score (nSPS) is 19.7. The molecule has 0 saturated heterocycles. The second-order valence-corrected chi connectivity index (χ2v) is 8.39. The Morgan fingerprint density at radius 1 is 0.921 bits per heavy atom. The van der Waals surface area contributed by atoms with Crippen LogP contribution >= 0.6 is 0 Å². The van der Waals surface area contributed by atoms with Gasteiger partial charge in [-0.15, -0.1) is 0 Å². The van der Waals surface area contributed by atoms with Crippen LogP contribution in [0, 0.1) is 0 Å². The summed E-state index contributed by atoms with van der Waals surface area (Å²) in [5, 5.41) is 21.5. The Hall–Kier alpha value is -4.69. The van der Waals surface area contributed by atoms with Crippen LogP contribution in [0.25, 0.3) is 0 Å². The molecule has 1 unspecified atom stereocenters. The molecule has 15 nitrogen and oxygen atoms in total. The van der Waals surface area contributed by atoms with E-state index in [1.165, 1.54) is 6.07 Å². The molecule has 0 spiro atoms. The molecule has 38 heavy (non-hydrogen) atoms. The van der Waals surface area contributed by atoms with Crippen molar-refractivity contribution in [1.29, 1.82) is 0 Å². The minimum Gasteiger partial charge on any atom is -0.481 e. The Balaban J connectivity index is 2.24. The fraction of sp³-hybridized carbons (Fsp3) is 0.435. The molecular formula is C23H32N8O7. The summed E-state index contributed by atoms with van der Waals surface area (Å²) in [6.07, 6.45) is -0.368. The minimum absolute atomic E-state index is 0.0310. The largest absolute Gasteiger partial charge is 0.481 e. The van der Waals surface area contributed by atoms with Gasteiger partial charge in [0.25, 0.3) is 5.91 Å². The van der Waals surface area contributed by atoms with Crippen LogP contribution < -0.4 is 38.1 Å². The van der Waals surface area contributed by atoms with E-state index in [2.05, 4.69) is 31.6 Å². The van der Waals surface area contributed by atoms with E-state index in [9.17, 15) is 33.9 Å². The minimum atomic E-state index is -1.44. The number of carboxylic acid groups (broad SMARTS) is 1. The van der Waals surface area contributed by atoms with Gasteiger partial charge in [-0.3, -0.25) is 33.8 Å². The Bertz CT molecular complexity index is 1090. The average molecular weight is 533 g/mol. The molecule has 5 amide bonds. The number of hydrogen-bond acceptors (Lipinski definition) is 7. The molecule has 0 fully saturated rings. The molecule has 2 rings (SSSR count). The number of carboxylic acids is 1. The van der Waals surface area contributed by atoms with Crippen molar-refractivity contribution < 1.29 is 33.9 Å². The fourth-order valence-electron chi connectivity index (χ4n) is 3.55. The molecule has 1 aliphatic heterocycles. The highest BCUT2D eigenvalue weighted by atomic mass is 16.4. The van der Waals surface area contributed by atoms with Gasteiger partial charge in [-0.2, -0.15) is 0 Å². The number of aliphatic imine (C=N–C) groups is 1. The van der Waals surface area contributed by atoms with Crippen LogP contribution in [0.15, 0.2) is 29.3 Å². The number of fused-ring (bicyclic) bond motifs is 1. The Labute approximate surface area is 218 Å².